The summed E-state index contributed by atoms with van der Waals surface area (Å²) >= 11 is 6.07. The van der Waals surface area contributed by atoms with E-state index in [0.29, 0.717) is 35.6 Å². The molecule has 1 atom stereocenters. The number of ether oxygens (including phenoxy) is 1. The van der Waals surface area contributed by atoms with Gasteiger partial charge < -0.3 is 15.2 Å². The van der Waals surface area contributed by atoms with Gasteiger partial charge in [0.15, 0.2) is 0 Å². The topological polar surface area (TPSA) is 71.5 Å². The molecule has 5 nitrogen and oxygen atoms in total. The van der Waals surface area contributed by atoms with Gasteiger partial charge in [-0.15, -0.1) is 0 Å². The van der Waals surface area contributed by atoms with Crippen LogP contribution in [0.25, 0.3) is 0 Å². The van der Waals surface area contributed by atoms with Crippen molar-refractivity contribution in [3.8, 4) is 5.75 Å². The molecule has 2 N–H and O–H groups in total. The average Bonchev–Trinajstić information content (AvgIpc) is 3.29. The molecule has 0 aromatic carbocycles. The first-order valence-electron chi connectivity index (χ1n) is 8.04. The molecule has 6 heteroatoms. The predicted octanol–water partition coefficient (Wildman–Crippen LogP) is 3.05. The van der Waals surface area contributed by atoms with Crippen molar-refractivity contribution in [1.29, 1.82) is 0 Å². The van der Waals surface area contributed by atoms with Crippen LogP contribution in [0.5, 0.6) is 5.75 Å². The molecule has 23 heavy (non-hydrogen) atoms. The van der Waals surface area contributed by atoms with Crippen LogP contribution >= 0.6 is 11.6 Å². The predicted molar refractivity (Wildman–Crippen MR) is 89.9 cm³/mol. The highest BCUT2D eigenvalue weighted by Gasteiger charge is 2.28. The zero-order valence-corrected chi connectivity index (χ0v) is 14.7. The van der Waals surface area contributed by atoms with Crippen molar-refractivity contribution in [2.75, 3.05) is 13.2 Å². The van der Waals surface area contributed by atoms with Gasteiger partial charge in [0, 0.05) is 6.07 Å². The number of carbonyl (C=O) groups excluding carboxylic acids is 1. The summed E-state index contributed by atoms with van der Waals surface area (Å²) in [5, 5.41) is 12.9. The van der Waals surface area contributed by atoms with Gasteiger partial charge in [0.05, 0.1) is 24.9 Å². The van der Waals surface area contributed by atoms with Crippen molar-refractivity contribution in [2.24, 2.45) is 11.8 Å². The maximum atomic E-state index is 12.4. The molecule has 0 bridgehead atoms. The minimum absolute atomic E-state index is 0.129. The highest BCUT2D eigenvalue weighted by Crippen LogP contribution is 2.31. The van der Waals surface area contributed by atoms with Crippen LogP contribution in [0.1, 0.15) is 50.5 Å². The number of aliphatic hydroxyl groups excluding tert-OH is 1. The highest BCUT2D eigenvalue weighted by molar-refractivity contribution is 6.32. The zero-order valence-electron chi connectivity index (χ0n) is 13.9. The highest BCUT2D eigenvalue weighted by atomic mass is 35.5. The summed E-state index contributed by atoms with van der Waals surface area (Å²) in [5.41, 5.74) is -0.439. The maximum Gasteiger partial charge on any atom is 0.270 e. The Morgan fingerprint density at radius 3 is 2.83 bits per heavy atom. The van der Waals surface area contributed by atoms with Crippen LogP contribution in [-0.4, -0.2) is 34.8 Å². The van der Waals surface area contributed by atoms with E-state index >= 15 is 0 Å². The van der Waals surface area contributed by atoms with Crippen molar-refractivity contribution < 1.29 is 14.6 Å². The van der Waals surface area contributed by atoms with Crippen LogP contribution in [0.4, 0.5) is 0 Å². The molecule has 2 rings (SSSR count). The normalized spacial score (nSPS) is 17.0. The van der Waals surface area contributed by atoms with Crippen molar-refractivity contribution in [2.45, 2.75) is 45.6 Å². The Kier molecular flexibility index (Phi) is 5.87. The van der Waals surface area contributed by atoms with Gasteiger partial charge in [-0.25, -0.2) is 4.98 Å². The Labute approximate surface area is 142 Å². The lowest BCUT2D eigenvalue weighted by molar-refractivity contribution is 0.0820. The molecule has 1 saturated carbocycles. The Morgan fingerprint density at radius 2 is 2.26 bits per heavy atom. The Hall–Kier alpha value is -1.33. The quantitative estimate of drug-likeness (QED) is 0.763. The van der Waals surface area contributed by atoms with Gasteiger partial charge in [-0.05, 0) is 38.0 Å². The molecule has 0 saturated heterocycles. The largest absolute Gasteiger partial charge is 0.492 e. The van der Waals surface area contributed by atoms with E-state index in [1.807, 2.05) is 20.8 Å². The van der Waals surface area contributed by atoms with Gasteiger partial charge in [0.1, 0.15) is 16.5 Å². The summed E-state index contributed by atoms with van der Waals surface area (Å²) in [6.45, 7) is 6.40. The van der Waals surface area contributed by atoms with Gasteiger partial charge in [-0.2, -0.15) is 0 Å². The maximum absolute atomic E-state index is 12.4. The number of nitrogens with one attached hydrogen (secondary N) is 1. The van der Waals surface area contributed by atoms with E-state index in [9.17, 15) is 9.90 Å². The van der Waals surface area contributed by atoms with E-state index < -0.39 is 5.54 Å². The van der Waals surface area contributed by atoms with E-state index in [1.165, 1.54) is 19.0 Å². The number of halogens is 1. The van der Waals surface area contributed by atoms with Gasteiger partial charge in [0.25, 0.3) is 5.91 Å². The van der Waals surface area contributed by atoms with E-state index in [1.54, 1.807) is 6.07 Å². The third-order valence-electron chi connectivity index (χ3n) is 3.85. The van der Waals surface area contributed by atoms with Crippen LogP contribution in [0.3, 0.4) is 0 Å². The van der Waals surface area contributed by atoms with Crippen molar-refractivity contribution >= 4 is 17.5 Å². The number of hydrogen-bond acceptors (Lipinski definition) is 4. The fourth-order valence-corrected chi connectivity index (χ4v) is 2.70. The minimum atomic E-state index is -0.679. The number of nitrogens with zero attached hydrogens (tertiary/aromatic N) is 1. The number of hydrogen-bond donors (Lipinski definition) is 2. The molecule has 1 fully saturated rings. The zero-order chi connectivity index (χ0) is 17.0. The molecule has 0 spiro atoms. The number of aliphatic hydroxyl groups is 1. The van der Waals surface area contributed by atoms with Gasteiger partial charge in [0.2, 0.25) is 0 Å². The second kappa shape index (κ2) is 7.49. The number of aromatic nitrogens is 1. The number of amides is 1. The van der Waals surface area contributed by atoms with Crippen LogP contribution < -0.4 is 10.1 Å². The van der Waals surface area contributed by atoms with E-state index in [2.05, 4.69) is 10.3 Å². The van der Waals surface area contributed by atoms with Crippen molar-refractivity contribution in [3.05, 3.63) is 23.0 Å². The fraction of sp³-hybridized carbons (Fsp3) is 0.647. The molecule has 1 amide bonds. The average molecular weight is 341 g/mol. The van der Waals surface area contributed by atoms with Crippen molar-refractivity contribution in [3.63, 3.8) is 0 Å². The minimum Gasteiger partial charge on any atom is -0.492 e. The summed E-state index contributed by atoms with van der Waals surface area (Å²) in [6.07, 6.45) is 4.46. The summed E-state index contributed by atoms with van der Waals surface area (Å²) in [7, 11) is 0. The summed E-state index contributed by atoms with van der Waals surface area (Å²) in [5.74, 6) is 1.09. The second-order valence-corrected chi connectivity index (χ2v) is 7.43. The molecule has 1 aliphatic rings. The van der Waals surface area contributed by atoms with Crippen LogP contribution in [-0.2, 0) is 0 Å². The molecule has 0 aliphatic heterocycles. The molecule has 1 aromatic heterocycles. The smallest absolute Gasteiger partial charge is 0.270 e. The van der Waals surface area contributed by atoms with Gasteiger partial charge in [-0.1, -0.05) is 25.4 Å². The number of carbonyl (C=O) groups is 1. The summed E-state index contributed by atoms with van der Waals surface area (Å²) in [6, 6.07) is 1.56. The molecule has 1 aromatic rings. The fourth-order valence-electron chi connectivity index (χ4n) is 2.54. The third-order valence-corrected chi connectivity index (χ3v) is 4.13. The van der Waals surface area contributed by atoms with Crippen molar-refractivity contribution in [1.82, 2.24) is 10.3 Å². The Balaban J connectivity index is 2.06. The van der Waals surface area contributed by atoms with Gasteiger partial charge >= 0.3 is 0 Å². The lowest BCUT2D eigenvalue weighted by Crippen LogP contribution is -2.50. The molecule has 0 radical (unpaired) electrons. The van der Waals surface area contributed by atoms with E-state index in [-0.39, 0.29) is 18.2 Å². The summed E-state index contributed by atoms with van der Waals surface area (Å²) < 4.78 is 5.67. The molecule has 1 heterocycles. The second-order valence-electron chi connectivity index (χ2n) is 7.03. The first-order valence-corrected chi connectivity index (χ1v) is 8.42. The molecule has 0 unspecified atom stereocenters. The number of pyridine rings is 1. The molecular formula is C17H25ClN2O3. The van der Waals surface area contributed by atoms with Crippen LogP contribution in [0.2, 0.25) is 5.02 Å². The Morgan fingerprint density at radius 1 is 1.57 bits per heavy atom. The standard InChI is InChI=1S/C17H25ClN2O3/c1-11(2)7-17(3,10-21)20-16(22)14-6-15(13(18)8-19-14)23-9-12-4-5-12/h6,8,11-12,21H,4-5,7,9-10H2,1-3H3,(H,20,22)/t17-/m1/s1. The lowest BCUT2D eigenvalue weighted by atomic mass is 9.91. The van der Waals surface area contributed by atoms with Crippen LogP contribution in [0, 0.1) is 11.8 Å². The van der Waals surface area contributed by atoms with E-state index in [4.69, 9.17) is 16.3 Å². The monoisotopic (exact) mass is 340 g/mol. The molecule has 128 valence electrons. The van der Waals surface area contributed by atoms with E-state index in [0.717, 1.165) is 0 Å². The summed E-state index contributed by atoms with van der Waals surface area (Å²) in [4.78, 5) is 16.5. The Bertz CT molecular complexity index is 561. The van der Waals surface area contributed by atoms with Crippen LogP contribution in [0.15, 0.2) is 12.3 Å². The number of rotatable bonds is 8. The lowest BCUT2D eigenvalue weighted by Gasteiger charge is -2.30. The first kappa shape index (κ1) is 18.0. The molecule has 1 aliphatic carbocycles. The first-order chi connectivity index (χ1) is 10.8. The third kappa shape index (κ3) is 5.36. The SMILES string of the molecule is CC(C)C[C@](C)(CO)NC(=O)c1cc(OCC2CC2)c(Cl)cn1. The molecular weight excluding hydrogens is 316 g/mol. The van der Waals surface area contributed by atoms with Gasteiger partial charge in [-0.3, -0.25) is 4.79 Å².